The molecule has 5 nitrogen and oxygen atoms in total. The summed E-state index contributed by atoms with van der Waals surface area (Å²) in [6.45, 7) is -0.155. The highest BCUT2D eigenvalue weighted by Gasteiger charge is 2.29. The van der Waals surface area contributed by atoms with Crippen LogP contribution in [0.2, 0.25) is 5.02 Å². The normalized spacial score (nSPS) is 11.0. The van der Waals surface area contributed by atoms with Gasteiger partial charge in [-0.3, -0.25) is 4.79 Å². The lowest BCUT2D eigenvalue weighted by Crippen LogP contribution is -2.22. The van der Waals surface area contributed by atoms with E-state index in [4.69, 9.17) is 21.1 Å². The van der Waals surface area contributed by atoms with Gasteiger partial charge in [0.15, 0.2) is 0 Å². The monoisotopic (exact) mass is 388 g/mol. The van der Waals surface area contributed by atoms with E-state index < -0.39 is 17.6 Å². The molecule has 1 amide bonds. The van der Waals surface area contributed by atoms with E-state index in [0.29, 0.717) is 27.9 Å². The highest BCUT2D eigenvalue weighted by molar-refractivity contribution is 6.32. The van der Waals surface area contributed by atoms with E-state index in [2.05, 4.69) is 10.6 Å². The minimum absolute atomic E-state index is 0.155. The number of ether oxygens (including phenoxy) is 2. The Bertz CT molecular complexity index is 780. The maximum Gasteiger partial charge on any atom is 0.416 e. The first kappa shape index (κ1) is 19.7. The Morgan fingerprint density at radius 3 is 2.23 bits per heavy atom. The van der Waals surface area contributed by atoms with Crippen LogP contribution >= 0.6 is 11.6 Å². The zero-order chi connectivity index (χ0) is 19.3. The molecule has 0 radical (unpaired) electrons. The molecule has 0 unspecified atom stereocenters. The molecule has 9 heteroatoms. The largest absolute Gasteiger partial charge is 0.495 e. The van der Waals surface area contributed by atoms with Gasteiger partial charge in [-0.2, -0.15) is 13.2 Å². The number of methoxy groups -OCH3 is 2. The molecule has 2 aromatic rings. The number of rotatable bonds is 6. The second-order valence-electron chi connectivity index (χ2n) is 5.16. The lowest BCUT2D eigenvalue weighted by atomic mass is 10.2. The SMILES string of the molecule is COc1cc(OC)c(NC(=O)CNc2ccc(C(F)(F)F)cc2)cc1Cl. The predicted octanol–water partition coefficient (Wildman–Crippen LogP) is 4.43. The highest BCUT2D eigenvalue weighted by atomic mass is 35.5. The molecule has 2 aromatic carbocycles. The van der Waals surface area contributed by atoms with Crippen LogP contribution in [0, 0.1) is 0 Å². The molecule has 0 aliphatic carbocycles. The van der Waals surface area contributed by atoms with Crippen LogP contribution < -0.4 is 20.1 Å². The molecular weight excluding hydrogens is 373 g/mol. The zero-order valence-electron chi connectivity index (χ0n) is 13.9. The van der Waals surface area contributed by atoms with Crippen LogP contribution in [0.25, 0.3) is 0 Å². The summed E-state index contributed by atoms with van der Waals surface area (Å²) < 4.78 is 47.8. The Kier molecular flexibility index (Phi) is 6.20. The van der Waals surface area contributed by atoms with E-state index in [-0.39, 0.29) is 6.54 Å². The van der Waals surface area contributed by atoms with Crippen molar-refractivity contribution in [1.82, 2.24) is 0 Å². The van der Waals surface area contributed by atoms with Gasteiger partial charge in [0.2, 0.25) is 5.91 Å². The second-order valence-corrected chi connectivity index (χ2v) is 5.57. The number of nitrogens with one attached hydrogen (secondary N) is 2. The average Bonchev–Trinajstić information content (AvgIpc) is 2.60. The molecule has 0 bridgehead atoms. The predicted molar refractivity (Wildman–Crippen MR) is 93.1 cm³/mol. The van der Waals surface area contributed by atoms with Crippen molar-refractivity contribution < 1.29 is 27.4 Å². The third-order valence-corrected chi connectivity index (χ3v) is 3.71. The molecule has 2 N–H and O–H groups in total. The molecular formula is C17H16ClF3N2O3. The van der Waals surface area contributed by atoms with Crippen molar-refractivity contribution in [2.24, 2.45) is 0 Å². The summed E-state index contributed by atoms with van der Waals surface area (Å²) in [5, 5.41) is 5.64. The number of carbonyl (C=O) groups excluding carboxylic acids is 1. The molecule has 0 atom stereocenters. The van der Waals surface area contributed by atoms with Crippen molar-refractivity contribution in [3.63, 3.8) is 0 Å². The first-order valence-corrected chi connectivity index (χ1v) is 7.75. The minimum atomic E-state index is -4.40. The molecule has 140 valence electrons. The van der Waals surface area contributed by atoms with Gasteiger partial charge in [-0.1, -0.05) is 11.6 Å². The lowest BCUT2D eigenvalue weighted by molar-refractivity contribution is -0.137. The Morgan fingerprint density at radius 1 is 1.08 bits per heavy atom. The number of amides is 1. The van der Waals surface area contributed by atoms with Gasteiger partial charge in [0.1, 0.15) is 11.5 Å². The summed E-state index contributed by atoms with van der Waals surface area (Å²) in [7, 11) is 2.88. The molecule has 26 heavy (non-hydrogen) atoms. The molecule has 0 saturated heterocycles. The second kappa shape index (κ2) is 8.18. The van der Waals surface area contributed by atoms with Gasteiger partial charge in [-0.05, 0) is 30.3 Å². The van der Waals surface area contributed by atoms with E-state index >= 15 is 0 Å². The first-order valence-electron chi connectivity index (χ1n) is 7.37. The summed E-state index contributed by atoms with van der Waals surface area (Å²) in [6.07, 6.45) is -4.40. The van der Waals surface area contributed by atoms with Gasteiger partial charge in [0.25, 0.3) is 0 Å². The summed E-state index contributed by atoms with van der Waals surface area (Å²) in [4.78, 5) is 12.1. The molecule has 0 spiro atoms. The third-order valence-electron chi connectivity index (χ3n) is 3.41. The molecule has 0 aromatic heterocycles. The molecule has 0 saturated carbocycles. The number of benzene rings is 2. The zero-order valence-corrected chi connectivity index (χ0v) is 14.7. The van der Waals surface area contributed by atoms with Crippen molar-refractivity contribution in [1.29, 1.82) is 0 Å². The summed E-state index contributed by atoms with van der Waals surface area (Å²) in [5.74, 6) is 0.322. The van der Waals surface area contributed by atoms with Gasteiger partial charge >= 0.3 is 6.18 Å². The Balaban J connectivity index is 2.00. The highest BCUT2D eigenvalue weighted by Crippen LogP contribution is 2.35. The fraction of sp³-hybridized carbons (Fsp3) is 0.235. The number of hydrogen-bond acceptors (Lipinski definition) is 4. The van der Waals surface area contributed by atoms with E-state index in [1.165, 1.54) is 38.5 Å². The molecule has 2 rings (SSSR count). The topological polar surface area (TPSA) is 59.6 Å². The fourth-order valence-electron chi connectivity index (χ4n) is 2.11. The number of anilines is 2. The van der Waals surface area contributed by atoms with Crippen LogP contribution in [0.1, 0.15) is 5.56 Å². The standard InChI is InChI=1S/C17H16ClF3N2O3/c1-25-14-8-15(26-2)13(7-12(14)18)23-16(24)9-22-11-5-3-10(4-6-11)17(19,20)21/h3-8,22H,9H2,1-2H3,(H,23,24). The number of carbonyl (C=O) groups is 1. The third kappa shape index (κ3) is 4.95. The lowest BCUT2D eigenvalue weighted by Gasteiger charge is -2.14. The number of alkyl halides is 3. The molecule has 0 fully saturated rings. The van der Waals surface area contributed by atoms with E-state index in [1.807, 2.05) is 0 Å². The van der Waals surface area contributed by atoms with Gasteiger partial charge in [0.05, 0.1) is 37.0 Å². The van der Waals surface area contributed by atoms with Crippen LogP contribution in [0.3, 0.4) is 0 Å². The molecule has 0 heterocycles. The average molecular weight is 389 g/mol. The smallest absolute Gasteiger partial charge is 0.416 e. The van der Waals surface area contributed by atoms with Crippen LogP contribution in [0.5, 0.6) is 11.5 Å². The first-order chi connectivity index (χ1) is 12.2. The van der Waals surface area contributed by atoms with Gasteiger partial charge < -0.3 is 20.1 Å². The Hall–Kier alpha value is -2.61. The Labute approximate surface area is 153 Å². The maximum atomic E-state index is 12.5. The van der Waals surface area contributed by atoms with Crippen LogP contribution in [-0.2, 0) is 11.0 Å². The number of hydrogen-bond donors (Lipinski definition) is 2. The van der Waals surface area contributed by atoms with Crippen LogP contribution in [0.4, 0.5) is 24.5 Å². The van der Waals surface area contributed by atoms with E-state index in [0.717, 1.165) is 12.1 Å². The van der Waals surface area contributed by atoms with Gasteiger partial charge in [-0.15, -0.1) is 0 Å². The quantitative estimate of drug-likeness (QED) is 0.768. The van der Waals surface area contributed by atoms with Gasteiger partial charge in [0, 0.05) is 11.8 Å². The number of halogens is 4. The van der Waals surface area contributed by atoms with Crippen LogP contribution in [-0.4, -0.2) is 26.7 Å². The molecule has 0 aliphatic rings. The van der Waals surface area contributed by atoms with Crippen molar-refractivity contribution in [2.75, 3.05) is 31.4 Å². The van der Waals surface area contributed by atoms with Gasteiger partial charge in [-0.25, -0.2) is 0 Å². The maximum absolute atomic E-state index is 12.5. The van der Waals surface area contributed by atoms with E-state index in [1.54, 1.807) is 0 Å². The Morgan fingerprint density at radius 2 is 1.69 bits per heavy atom. The van der Waals surface area contributed by atoms with Crippen molar-refractivity contribution in [3.05, 3.63) is 47.0 Å². The van der Waals surface area contributed by atoms with Crippen molar-refractivity contribution in [3.8, 4) is 11.5 Å². The fourth-order valence-corrected chi connectivity index (χ4v) is 2.35. The van der Waals surface area contributed by atoms with E-state index in [9.17, 15) is 18.0 Å². The van der Waals surface area contributed by atoms with Crippen molar-refractivity contribution >= 4 is 28.9 Å². The van der Waals surface area contributed by atoms with Crippen LogP contribution in [0.15, 0.2) is 36.4 Å². The minimum Gasteiger partial charge on any atom is -0.495 e. The molecule has 0 aliphatic heterocycles. The van der Waals surface area contributed by atoms with Crippen molar-refractivity contribution in [2.45, 2.75) is 6.18 Å². The summed E-state index contributed by atoms with van der Waals surface area (Å²) in [6, 6.07) is 7.39. The summed E-state index contributed by atoms with van der Waals surface area (Å²) in [5.41, 5.74) is -0.0319. The summed E-state index contributed by atoms with van der Waals surface area (Å²) >= 11 is 6.03.